The summed E-state index contributed by atoms with van der Waals surface area (Å²) in [6.45, 7) is 4.97. The Kier molecular flexibility index (Phi) is 4.79. The average Bonchev–Trinajstić information content (AvgIpc) is 3.18. The third-order valence-corrected chi connectivity index (χ3v) is 4.68. The zero-order valence-electron chi connectivity index (χ0n) is 14.8. The summed E-state index contributed by atoms with van der Waals surface area (Å²) in [5, 5.41) is 7.97. The second-order valence-corrected chi connectivity index (χ2v) is 6.27. The quantitative estimate of drug-likeness (QED) is 0.701. The molecule has 134 valence electrons. The number of ether oxygens (including phenoxy) is 1. The fraction of sp³-hybridized carbons (Fsp3) is 0.316. The van der Waals surface area contributed by atoms with Crippen LogP contribution >= 0.6 is 0 Å². The number of hydrogen-bond donors (Lipinski definition) is 0. The summed E-state index contributed by atoms with van der Waals surface area (Å²) < 4.78 is 7.13. The zero-order valence-corrected chi connectivity index (χ0v) is 14.8. The molecular formula is C19H22N6O. The fourth-order valence-corrected chi connectivity index (χ4v) is 3.20. The van der Waals surface area contributed by atoms with Gasteiger partial charge in [-0.2, -0.15) is 0 Å². The predicted octanol–water partition coefficient (Wildman–Crippen LogP) is 1.97. The van der Waals surface area contributed by atoms with Crippen molar-refractivity contribution in [2.45, 2.75) is 0 Å². The number of rotatable bonds is 5. The molecule has 0 amide bonds. The molecule has 0 bridgehead atoms. The van der Waals surface area contributed by atoms with Gasteiger partial charge in [0.15, 0.2) is 0 Å². The first kappa shape index (κ1) is 16.5. The van der Waals surface area contributed by atoms with E-state index in [0.717, 1.165) is 44.3 Å². The summed E-state index contributed by atoms with van der Waals surface area (Å²) in [4.78, 5) is 9.05. The lowest BCUT2D eigenvalue weighted by molar-refractivity contribution is 0.283. The fourth-order valence-electron chi connectivity index (χ4n) is 3.20. The Morgan fingerprint density at radius 1 is 1.08 bits per heavy atom. The van der Waals surface area contributed by atoms with Crippen LogP contribution in [0.3, 0.4) is 0 Å². The van der Waals surface area contributed by atoms with Crippen LogP contribution in [0.15, 0.2) is 48.9 Å². The molecule has 0 spiro atoms. The van der Waals surface area contributed by atoms with E-state index < -0.39 is 0 Å². The Bertz CT molecular complexity index is 880. The van der Waals surface area contributed by atoms with Crippen molar-refractivity contribution in [1.82, 2.24) is 24.5 Å². The van der Waals surface area contributed by atoms with Crippen molar-refractivity contribution in [2.75, 3.05) is 44.7 Å². The molecule has 0 saturated carbocycles. The first-order chi connectivity index (χ1) is 12.8. The van der Waals surface area contributed by atoms with E-state index in [1.807, 2.05) is 22.6 Å². The minimum Gasteiger partial charge on any atom is -0.497 e. The number of piperazine rings is 1. The summed E-state index contributed by atoms with van der Waals surface area (Å²) >= 11 is 0. The molecule has 0 unspecified atom stereocenters. The van der Waals surface area contributed by atoms with Crippen molar-refractivity contribution in [1.29, 1.82) is 0 Å². The van der Waals surface area contributed by atoms with E-state index in [0.29, 0.717) is 5.78 Å². The molecule has 4 rings (SSSR count). The van der Waals surface area contributed by atoms with Crippen LogP contribution in [0.4, 0.5) is 5.82 Å². The maximum Gasteiger partial charge on any atom is 0.256 e. The third kappa shape index (κ3) is 3.52. The number of anilines is 1. The molecule has 0 aliphatic carbocycles. The van der Waals surface area contributed by atoms with Gasteiger partial charge in [0.1, 0.15) is 17.9 Å². The number of aromatic nitrogens is 4. The van der Waals surface area contributed by atoms with Gasteiger partial charge in [-0.25, -0.2) is 4.98 Å². The van der Waals surface area contributed by atoms with Crippen molar-refractivity contribution >= 4 is 17.7 Å². The predicted molar refractivity (Wildman–Crippen MR) is 101 cm³/mol. The van der Waals surface area contributed by atoms with Crippen molar-refractivity contribution < 1.29 is 4.74 Å². The monoisotopic (exact) mass is 350 g/mol. The molecule has 7 heteroatoms. The van der Waals surface area contributed by atoms with E-state index in [1.54, 1.807) is 19.6 Å². The van der Waals surface area contributed by atoms with Crippen LogP contribution < -0.4 is 9.64 Å². The van der Waals surface area contributed by atoms with Gasteiger partial charge in [-0.05, 0) is 23.8 Å². The second kappa shape index (κ2) is 7.53. The van der Waals surface area contributed by atoms with Crippen molar-refractivity contribution in [3.05, 3.63) is 54.5 Å². The normalized spacial score (nSPS) is 15.8. The van der Waals surface area contributed by atoms with Gasteiger partial charge in [-0.15, -0.1) is 10.2 Å². The molecule has 1 aliphatic heterocycles. The number of fused-ring (bicyclic) bond motifs is 1. The molecule has 1 fully saturated rings. The Morgan fingerprint density at radius 3 is 2.65 bits per heavy atom. The van der Waals surface area contributed by atoms with Crippen LogP contribution in [0.2, 0.25) is 0 Å². The highest BCUT2D eigenvalue weighted by atomic mass is 16.5. The molecule has 7 nitrogen and oxygen atoms in total. The van der Waals surface area contributed by atoms with Crippen LogP contribution in [-0.2, 0) is 0 Å². The van der Waals surface area contributed by atoms with E-state index in [1.165, 1.54) is 5.56 Å². The summed E-state index contributed by atoms with van der Waals surface area (Å²) in [6.07, 6.45) is 7.90. The topological polar surface area (TPSA) is 58.8 Å². The lowest BCUT2D eigenvalue weighted by Crippen LogP contribution is -2.46. The highest BCUT2D eigenvalue weighted by Crippen LogP contribution is 2.17. The Hall–Kier alpha value is -2.93. The molecule has 2 aromatic heterocycles. The maximum absolute atomic E-state index is 5.19. The zero-order chi connectivity index (χ0) is 17.8. The average molecular weight is 350 g/mol. The minimum atomic E-state index is 0.646. The Labute approximate surface area is 152 Å². The van der Waals surface area contributed by atoms with Crippen molar-refractivity contribution in [3.63, 3.8) is 0 Å². The maximum atomic E-state index is 5.19. The van der Waals surface area contributed by atoms with E-state index in [-0.39, 0.29) is 0 Å². The minimum absolute atomic E-state index is 0.646. The lowest BCUT2D eigenvalue weighted by Gasteiger charge is -2.35. The first-order valence-electron chi connectivity index (χ1n) is 8.76. The van der Waals surface area contributed by atoms with Gasteiger partial charge < -0.3 is 9.64 Å². The molecule has 0 radical (unpaired) electrons. The first-order valence-corrected chi connectivity index (χ1v) is 8.76. The smallest absolute Gasteiger partial charge is 0.256 e. The molecule has 26 heavy (non-hydrogen) atoms. The molecule has 1 aromatic carbocycles. The van der Waals surface area contributed by atoms with Gasteiger partial charge in [0.2, 0.25) is 0 Å². The highest BCUT2D eigenvalue weighted by molar-refractivity contribution is 5.51. The summed E-state index contributed by atoms with van der Waals surface area (Å²) in [5.74, 6) is 2.64. The summed E-state index contributed by atoms with van der Waals surface area (Å²) in [5.41, 5.74) is 1.19. The highest BCUT2D eigenvalue weighted by Gasteiger charge is 2.18. The van der Waals surface area contributed by atoms with E-state index in [9.17, 15) is 0 Å². The van der Waals surface area contributed by atoms with Crippen LogP contribution in [0, 0.1) is 0 Å². The lowest BCUT2D eigenvalue weighted by atomic mass is 10.2. The van der Waals surface area contributed by atoms with Gasteiger partial charge in [-0.1, -0.05) is 24.3 Å². The van der Waals surface area contributed by atoms with E-state index in [2.05, 4.69) is 49.3 Å². The van der Waals surface area contributed by atoms with Crippen molar-refractivity contribution in [2.24, 2.45) is 0 Å². The summed E-state index contributed by atoms with van der Waals surface area (Å²) in [6, 6.07) is 10.1. The SMILES string of the molecule is COc1ccc(/C=C/CN2CCN(c3ccnc4nncn34)CC2)cc1. The largest absolute Gasteiger partial charge is 0.497 e. The molecule has 0 N–H and O–H groups in total. The van der Waals surface area contributed by atoms with Crippen molar-refractivity contribution in [3.8, 4) is 5.75 Å². The van der Waals surface area contributed by atoms with E-state index >= 15 is 0 Å². The molecule has 3 heterocycles. The van der Waals surface area contributed by atoms with Crippen LogP contribution in [-0.4, -0.2) is 64.3 Å². The van der Waals surface area contributed by atoms with Gasteiger partial charge in [0, 0.05) is 38.9 Å². The number of nitrogens with zero attached hydrogens (tertiary/aromatic N) is 6. The van der Waals surface area contributed by atoms with E-state index in [4.69, 9.17) is 4.74 Å². The standard InChI is InChI=1S/C19H22N6O/c1-26-17-6-4-16(5-7-17)3-2-10-23-11-13-24(14-12-23)18-8-9-20-19-22-21-15-25(18)19/h2-9,15H,10-14H2,1H3/b3-2+. The molecule has 0 atom stereocenters. The molecular weight excluding hydrogens is 328 g/mol. The van der Waals surface area contributed by atoms with Gasteiger partial charge >= 0.3 is 0 Å². The second-order valence-electron chi connectivity index (χ2n) is 6.27. The van der Waals surface area contributed by atoms with Crippen LogP contribution in [0.5, 0.6) is 5.75 Å². The third-order valence-electron chi connectivity index (χ3n) is 4.68. The number of benzene rings is 1. The van der Waals surface area contributed by atoms with Gasteiger partial charge in [0.05, 0.1) is 7.11 Å². The van der Waals surface area contributed by atoms with Crippen LogP contribution in [0.1, 0.15) is 5.56 Å². The number of methoxy groups -OCH3 is 1. The Morgan fingerprint density at radius 2 is 1.88 bits per heavy atom. The molecule has 3 aromatic rings. The molecule has 1 saturated heterocycles. The van der Waals surface area contributed by atoms with Gasteiger partial charge in [-0.3, -0.25) is 9.30 Å². The molecule has 1 aliphatic rings. The van der Waals surface area contributed by atoms with Gasteiger partial charge in [0.25, 0.3) is 5.78 Å². The Balaban J connectivity index is 1.32. The summed E-state index contributed by atoms with van der Waals surface area (Å²) in [7, 11) is 1.69. The van der Waals surface area contributed by atoms with Crippen LogP contribution in [0.25, 0.3) is 11.9 Å². The number of hydrogen-bond acceptors (Lipinski definition) is 6.